The van der Waals surface area contributed by atoms with Gasteiger partial charge in [0.2, 0.25) is 0 Å². The van der Waals surface area contributed by atoms with E-state index >= 15 is 0 Å². The van der Waals surface area contributed by atoms with Crippen molar-refractivity contribution in [3.8, 4) is 0 Å². The van der Waals surface area contributed by atoms with Crippen molar-refractivity contribution in [2.45, 2.75) is 19.4 Å². The van der Waals surface area contributed by atoms with Crippen molar-refractivity contribution in [3.05, 3.63) is 33.3 Å². The van der Waals surface area contributed by atoms with Gasteiger partial charge in [0.05, 0.1) is 21.2 Å². The predicted molar refractivity (Wildman–Crippen MR) is 67.7 cm³/mol. The summed E-state index contributed by atoms with van der Waals surface area (Å²) in [4.78, 5) is 10.1. The molecule has 1 aromatic carbocycles. The standard InChI is InChI=1S/C11H15ClN2O3/c1-11(2,17-3)7-13-10-5-4-8(14(15)16)6-9(10)12/h4-6,13H,7H2,1-3H3. The van der Waals surface area contributed by atoms with Crippen LogP contribution in [0.25, 0.3) is 0 Å². The minimum atomic E-state index is -0.477. The second-order valence-electron chi connectivity index (χ2n) is 4.24. The quantitative estimate of drug-likeness (QED) is 0.651. The molecule has 1 aromatic rings. The number of hydrogen-bond acceptors (Lipinski definition) is 4. The van der Waals surface area contributed by atoms with Crippen LogP contribution < -0.4 is 5.32 Å². The molecule has 0 radical (unpaired) electrons. The van der Waals surface area contributed by atoms with Crippen LogP contribution in [0.5, 0.6) is 0 Å². The molecular weight excluding hydrogens is 244 g/mol. The van der Waals surface area contributed by atoms with Crippen molar-refractivity contribution in [2.24, 2.45) is 0 Å². The maximum Gasteiger partial charge on any atom is 0.271 e. The lowest BCUT2D eigenvalue weighted by molar-refractivity contribution is -0.384. The number of nitrogens with one attached hydrogen (secondary N) is 1. The van der Waals surface area contributed by atoms with Crippen molar-refractivity contribution >= 4 is 23.0 Å². The Morgan fingerprint density at radius 3 is 2.65 bits per heavy atom. The number of nitro benzene ring substituents is 1. The molecule has 0 fully saturated rings. The fraction of sp³-hybridized carbons (Fsp3) is 0.455. The minimum Gasteiger partial charge on any atom is -0.381 e. The minimum absolute atomic E-state index is 0.0217. The number of benzene rings is 1. The smallest absolute Gasteiger partial charge is 0.271 e. The van der Waals surface area contributed by atoms with E-state index in [-0.39, 0.29) is 11.3 Å². The lowest BCUT2D eigenvalue weighted by Crippen LogP contribution is -2.32. The first kappa shape index (κ1) is 13.7. The molecule has 0 unspecified atom stereocenters. The van der Waals surface area contributed by atoms with Gasteiger partial charge in [-0.05, 0) is 19.9 Å². The lowest BCUT2D eigenvalue weighted by Gasteiger charge is -2.24. The van der Waals surface area contributed by atoms with Crippen LogP contribution in [0.2, 0.25) is 5.02 Å². The van der Waals surface area contributed by atoms with Gasteiger partial charge in [-0.15, -0.1) is 0 Å². The third-order valence-corrected chi connectivity index (χ3v) is 2.73. The van der Waals surface area contributed by atoms with Crippen LogP contribution in [0, 0.1) is 10.1 Å². The molecule has 17 heavy (non-hydrogen) atoms. The average Bonchev–Trinajstić information content (AvgIpc) is 2.27. The van der Waals surface area contributed by atoms with Crippen molar-refractivity contribution in [1.29, 1.82) is 0 Å². The lowest BCUT2D eigenvalue weighted by atomic mass is 10.1. The largest absolute Gasteiger partial charge is 0.381 e. The SMILES string of the molecule is COC(C)(C)CNc1ccc([N+](=O)[O-])cc1Cl. The number of nitro groups is 1. The zero-order valence-corrected chi connectivity index (χ0v) is 10.7. The molecule has 0 heterocycles. The van der Waals surface area contributed by atoms with E-state index in [1.165, 1.54) is 12.1 Å². The molecule has 0 aromatic heterocycles. The van der Waals surface area contributed by atoms with E-state index in [0.717, 1.165) is 0 Å². The number of non-ortho nitro benzene ring substituents is 1. The van der Waals surface area contributed by atoms with Gasteiger partial charge < -0.3 is 10.1 Å². The number of anilines is 1. The van der Waals surface area contributed by atoms with Gasteiger partial charge in [-0.3, -0.25) is 10.1 Å². The number of nitrogens with zero attached hydrogens (tertiary/aromatic N) is 1. The van der Waals surface area contributed by atoms with Gasteiger partial charge in [0.1, 0.15) is 0 Å². The highest BCUT2D eigenvalue weighted by atomic mass is 35.5. The second kappa shape index (κ2) is 5.33. The molecule has 0 atom stereocenters. The summed E-state index contributed by atoms with van der Waals surface area (Å²) in [6, 6.07) is 4.32. The molecule has 0 aliphatic heterocycles. The molecule has 1 rings (SSSR count). The third-order valence-electron chi connectivity index (χ3n) is 2.42. The Hall–Kier alpha value is -1.33. The van der Waals surface area contributed by atoms with Crippen LogP contribution in [0.15, 0.2) is 18.2 Å². The molecule has 0 spiro atoms. The summed E-state index contributed by atoms with van der Waals surface area (Å²) in [5.74, 6) is 0. The topological polar surface area (TPSA) is 64.4 Å². The summed E-state index contributed by atoms with van der Waals surface area (Å²) < 4.78 is 5.25. The number of hydrogen-bond donors (Lipinski definition) is 1. The number of halogens is 1. The number of ether oxygens (including phenoxy) is 1. The molecule has 5 nitrogen and oxygen atoms in total. The summed E-state index contributed by atoms with van der Waals surface area (Å²) in [6.07, 6.45) is 0. The van der Waals surface area contributed by atoms with Gasteiger partial charge in [0.25, 0.3) is 5.69 Å². The Kier molecular flexibility index (Phi) is 4.31. The Labute approximate surface area is 105 Å². The van der Waals surface area contributed by atoms with E-state index in [1.807, 2.05) is 13.8 Å². The number of rotatable bonds is 5. The zero-order valence-electron chi connectivity index (χ0n) is 9.99. The van der Waals surface area contributed by atoms with Gasteiger partial charge >= 0.3 is 0 Å². The highest BCUT2D eigenvalue weighted by molar-refractivity contribution is 6.33. The van der Waals surface area contributed by atoms with Crippen LogP contribution in [0.4, 0.5) is 11.4 Å². The highest BCUT2D eigenvalue weighted by Crippen LogP contribution is 2.27. The van der Waals surface area contributed by atoms with E-state index in [9.17, 15) is 10.1 Å². The Morgan fingerprint density at radius 1 is 1.53 bits per heavy atom. The van der Waals surface area contributed by atoms with Crippen molar-refractivity contribution in [3.63, 3.8) is 0 Å². The summed E-state index contributed by atoms with van der Waals surface area (Å²) in [7, 11) is 1.62. The molecule has 94 valence electrons. The first-order valence-corrected chi connectivity index (χ1v) is 5.46. The fourth-order valence-electron chi connectivity index (χ4n) is 1.14. The van der Waals surface area contributed by atoms with E-state index in [2.05, 4.69) is 5.32 Å². The molecule has 0 saturated carbocycles. The summed E-state index contributed by atoms with van der Waals surface area (Å²) in [6.45, 7) is 4.42. The Bertz CT molecular complexity index is 421. The molecule has 0 bridgehead atoms. The normalized spacial score (nSPS) is 11.3. The number of methoxy groups -OCH3 is 1. The van der Waals surface area contributed by atoms with Gasteiger partial charge in [-0.1, -0.05) is 11.6 Å². The van der Waals surface area contributed by atoms with E-state index < -0.39 is 4.92 Å². The van der Waals surface area contributed by atoms with Crippen molar-refractivity contribution in [2.75, 3.05) is 19.0 Å². The van der Waals surface area contributed by atoms with Gasteiger partial charge in [-0.25, -0.2) is 0 Å². The first-order chi connectivity index (χ1) is 7.85. The van der Waals surface area contributed by atoms with Crippen LogP contribution >= 0.6 is 11.6 Å². The predicted octanol–water partition coefficient (Wildman–Crippen LogP) is 3.09. The first-order valence-electron chi connectivity index (χ1n) is 5.09. The second-order valence-corrected chi connectivity index (χ2v) is 4.65. The maximum absolute atomic E-state index is 10.5. The third kappa shape index (κ3) is 3.87. The molecule has 0 aliphatic carbocycles. The zero-order chi connectivity index (χ0) is 13.1. The summed E-state index contributed by atoms with van der Waals surface area (Å²) >= 11 is 5.94. The highest BCUT2D eigenvalue weighted by Gasteiger charge is 2.17. The van der Waals surface area contributed by atoms with Crippen LogP contribution in [-0.2, 0) is 4.74 Å². The summed E-state index contributed by atoms with van der Waals surface area (Å²) in [5, 5.41) is 14.0. The molecule has 0 aliphatic rings. The molecular formula is C11H15ClN2O3. The van der Waals surface area contributed by atoms with E-state index in [0.29, 0.717) is 17.3 Å². The molecule has 0 saturated heterocycles. The fourth-order valence-corrected chi connectivity index (χ4v) is 1.38. The van der Waals surface area contributed by atoms with Gasteiger partial charge in [0.15, 0.2) is 0 Å². The van der Waals surface area contributed by atoms with Gasteiger partial charge in [0, 0.05) is 25.8 Å². The van der Waals surface area contributed by atoms with Crippen molar-refractivity contribution in [1.82, 2.24) is 0 Å². The van der Waals surface area contributed by atoms with E-state index in [1.54, 1.807) is 13.2 Å². The van der Waals surface area contributed by atoms with E-state index in [4.69, 9.17) is 16.3 Å². The molecule has 1 N–H and O–H groups in total. The maximum atomic E-state index is 10.5. The van der Waals surface area contributed by atoms with Gasteiger partial charge in [-0.2, -0.15) is 0 Å². The molecule has 0 amide bonds. The van der Waals surface area contributed by atoms with Crippen LogP contribution in [0.3, 0.4) is 0 Å². The Morgan fingerprint density at radius 2 is 2.18 bits per heavy atom. The Balaban J connectivity index is 2.77. The van der Waals surface area contributed by atoms with Crippen LogP contribution in [-0.4, -0.2) is 24.2 Å². The average molecular weight is 259 g/mol. The van der Waals surface area contributed by atoms with Crippen molar-refractivity contribution < 1.29 is 9.66 Å². The summed E-state index contributed by atoms with van der Waals surface area (Å²) in [5.41, 5.74) is 0.305. The molecule has 6 heteroatoms. The monoisotopic (exact) mass is 258 g/mol. The van der Waals surface area contributed by atoms with Crippen LogP contribution in [0.1, 0.15) is 13.8 Å².